The van der Waals surface area contributed by atoms with Crippen molar-refractivity contribution >= 4 is 46.2 Å². The van der Waals surface area contributed by atoms with Crippen LogP contribution in [0.1, 0.15) is 27.0 Å². The molecular formula is C16H15ClN2O5S. The van der Waals surface area contributed by atoms with Crippen LogP contribution in [0.25, 0.3) is 0 Å². The second-order valence-electron chi connectivity index (χ2n) is 5.12. The highest BCUT2D eigenvalue weighted by atomic mass is 35.5. The highest BCUT2D eigenvalue weighted by Crippen LogP contribution is 2.27. The van der Waals surface area contributed by atoms with Crippen LogP contribution in [0.4, 0.5) is 11.4 Å². The van der Waals surface area contributed by atoms with E-state index in [1.807, 2.05) is 13.8 Å². The van der Waals surface area contributed by atoms with E-state index in [0.29, 0.717) is 4.88 Å². The van der Waals surface area contributed by atoms with E-state index in [1.165, 1.54) is 23.5 Å². The van der Waals surface area contributed by atoms with Crippen molar-refractivity contribution in [3.63, 3.8) is 0 Å². The molecule has 0 fully saturated rings. The van der Waals surface area contributed by atoms with Crippen LogP contribution in [0.2, 0.25) is 5.02 Å². The highest BCUT2D eigenvalue weighted by Gasteiger charge is 2.16. The summed E-state index contributed by atoms with van der Waals surface area (Å²) in [6.45, 7) is 3.41. The summed E-state index contributed by atoms with van der Waals surface area (Å²) in [6, 6.07) is 5.59. The van der Waals surface area contributed by atoms with Crippen LogP contribution >= 0.6 is 22.9 Å². The molecule has 1 N–H and O–H groups in total. The highest BCUT2D eigenvalue weighted by molar-refractivity contribution is 7.14. The van der Waals surface area contributed by atoms with Gasteiger partial charge in [-0.25, -0.2) is 4.79 Å². The first-order chi connectivity index (χ1) is 11.8. The molecule has 0 radical (unpaired) electrons. The second kappa shape index (κ2) is 8.09. The molecule has 7 nitrogen and oxygen atoms in total. The van der Waals surface area contributed by atoms with Gasteiger partial charge in [0, 0.05) is 16.6 Å². The van der Waals surface area contributed by atoms with Crippen LogP contribution < -0.4 is 5.32 Å². The van der Waals surface area contributed by atoms with Gasteiger partial charge in [-0.15, -0.1) is 11.3 Å². The minimum atomic E-state index is -0.650. The number of nitro groups is 1. The minimum Gasteiger partial charge on any atom is -0.451 e. The number of benzene rings is 1. The van der Waals surface area contributed by atoms with Gasteiger partial charge in [-0.1, -0.05) is 18.5 Å². The van der Waals surface area contributed by atoms with Gasteiger partial charge < -0.3 is 10.1 Å². The fourth-order valence-electron chi connectivity index (χ4n) is 2.10. The molecule has 0 saturated heterocycles. The summed E-state index contributed by atoms with van der Waals surface area (Å²) in [5, 5.41) is 13.2. The average molecular weight is 383 g/mol. The van der Waals surface area contributed by atoms with E-state index < -0.39 is 23.4 Å². The molecule has 9 heteroatoms. The van der Waals surface area contributed by atoms with Crippen molar-refractivity contribution in [1.29, 1.82) is 0 Å². The van der Waals surface area contributed by atoms with Gasteiger partial charge in [0.05, 0.1) is 4.92 Å². The van der Waals surface area contributed by atoms with Gasteiger partial charge in [0.1, 0.15) is 9.90 Å². The maximum absolute atomic E-state index is 12.0. The number of hydrogen-bond acceptors (Lipinski definition) is 6. The zero-order chi connectivity index (χ0) is 18.6. The first-order valence-corrected chi connectivity index (χ1v) is 8.51. The third-order valence-electron chi connectivity index (χ3n) is 3.30. The molecule has 0 bridgehead atoms. The Morgan fingerprint density at radius 3 is 2.68 bits per heavy atom. The first-order valence-electron chi connectivity index (χ1n) is 7.32. The number of nitrogens with zero attached hydrogens (tertiary/aromatic N) is 1. The standard InChI is InChI=1S/C16H15ClN2O5S/c1-3-13-9(2)6-14(25-13)16(21)24-8-15(20)18-10-4-5-11(17)12(7-10)19(22)23/h4-7H,3,8H2,1-2H3,(H,18,20). The Balaban J connectivity index is 1.95. The van der Waals surface area contributed by atoms with Crippen LogP contribution in [0.5, 0.6) is 0 Å². The molecule has 1 amide bonds. The lowest BCUT2D eigenvalue weighted by atomic mass is 10.2. The minimum absolute atomic E-state index is 0.0331. The average Bonchev–Trinajstić information content (AvgIpc) is 2.95. The van der Waals surface area contributed by atoms with Crippen LogP contribution in [0, 0.1) is 17.0 Å². The number of esters is 1. The summed E-state index contributed by atoms with van der Waals surface area (Å²) in [4.78, 5) is 35.5. The maximum atomic E-state index is 12.0. The van der Waals surface area contributed by atoms with Crippen molar-refractivity contribution in [2.24, 2.45) is 0 Å². The Kier molecular flexibility index (Phi) is 6.11. The van der Waals surface area contributed by atoms with Crippen molar-refractivity contribution in [3.8, 4) is 0 Å². The van der Waals surface area contributed by atoms with E-state index in [9.17, 15) is 19.7 Å². The number of anilines is 1. The van der Waals surface area contributed by atoms with Crippen molar-refractivity contribution in [1.82, 2.24) is 0 Å². The van der Waals surface area contributed by atoms with E-state index in [2.05, 4.69) is 5.32 Å². The number of carbonyl (C=O) groups excluding carboxylic acids is 2. The molecule has 2 rings (SSSR count). The van der Waals surface area contributed by atoms with E-state index in [-0.39, 0.29) is 16.4 Å². The first kappa shape index (κ1) is 18.9. The predicted molar refractivity (Wildman–Crippen MR) is 95.5 cm³/mol. The fourth-order valence-corrected chi connectivity index (χ4v) is 3.30. The van der Waals surface area contributed by atoms with Gasteiger partial charge >= 0.3 is 5.97 Å². The quantitative estimate of drug-likeness (QED) is 0.463. The fraction of sp³-hybridized carbons (Fsp3) is 0.250. The van der Waals surface area contributed by atoms with Gasteiger partial charge in [-0.2, -0.15) is 0 Å². The number of halogens is 1. The Bertz CT molecular complexity index is 834. The number of thiophene rings is 1. The molecule has 1 heterocycles. The maximum Gasteiger partial charge on any atom is 0.348 e. The molecule has 0 aliphatic carbocycles. The van der Waals surface area contributed by atoms with Gasteiger partial charge in [-0.3, -0.25) is 14.9 Å². The Hall–Kier alpha value is -2.45. The van der Waals surface area contributed by atoms with E-state index in [0.717, 1.165) is 22.9 Å². The summed E-state index contributed by atoms with van der Waals surface area (Å²) in [7, 11) is 0. The molecule has 1 aromatic heterocycles. The number of ether oxygens (including phenoxy) is 1. The predicted octanol–water partition coefficient (Wildman–Crippen LogP) is 3.98. The van der Waals surface area contributed by atoms with Crippen molar-refractivity contribution < 1.29 is 19.2 Å². The Morgan fingerprint density at radius 1 is 1.36 bits per heavy atom. The zero-order valence-corrected chi connectivity index (χ0v) is 15.1. The molecule has 132 valence electrons. The molecule has 25 heavy (non-hydrogen) atoms. The molecule has 0 spiro atoms. The second-order valence-corrected chi connectivity index (χ2v) is 6.66. The Morgan fingerprint density at radius 2 is 2.08 bits per heavy atom. The van der Waals surface area contributed by atoms with Crippen molar-refractivity contribution in [2.75, 3.05) is 11.9 Å². The van der Waals surface area contributed by atoms with E-state index >= 15 is 0 Å². The number of nitro benzene ring substituents is 1. The number of amides is 1. The lowest BCUT2D eigenvalue weighted by Crippen LogP contribution is -2.20. The van der Waals surface area contributed by atoms with Gasteiger partial charge in [-0.05, 0) is 37.1 Å². The molecule has 0 aliphatic rings. The number of aryl methyl sites for hydroxylation is 2. The SMILES string of the molecule is CCc1sc(C(=O)OCC(=O)Nc2ccc(Cl)c([N+](=O)[O-])c2)cc1C. The van der Waals surface area contributed by atoms with E-state index in [4.69, 9.17) is 16.3 Å². The number of hydrogen-bond donors (Lipinski definition) is 1. The lowest BCUT2D eigenvalue weighted by molar-refractivity contribution is -0.384. The largest absolute Gasteiger partial charge is 0.451 e. The summed E-state index contributed by atoms with van der Waals surface area (Å²) in [5.41, 5.74) is 0.882. The summed E-state index contributed by atoms with van der Waals surface area (Å²) < 4.78 is 4.98. The molecule has 0 aliphatic heterocycles. The van der Waals surface area contributed by atoms with Gasteiger partial charge in [0.25, 0.3) is 11.6 Å². The number of nitrogens with one attached hydrogen (secondary N) is 1. The van der Waals surface area contributed by atoms with Crippen LogP contribution in [-0.4, -0.2) is 23.4 Å². The van der Waals surface area contributed by atoms with Crippen LogP contribution in [-0.2, 0) is 16.0 Å². The third-order valence-corrected chi connectivity index (χ3v) is 4.98. The van der Waals surface area contributed by atoms with E-state index in [1.54, 1.807) is 6.07 Å². The molecule has 1 aromatic carbocycles. The monoisotopic (exact) mass is 382 g/mol. The van der Waals surface area contributed by atoms with Crippen LogP contribution in [0.15, 0.2) is 24.3 Å². The Labute approximate surface area is 152 Å². The number of rotatable bonds is 6. The summed E-state index contributed by atoms with van der Waals surface area (Å²) >= 11 is 7.04. The van der Waals surface area contributed by atoms with Crippen LogP contribution in [0.3, 0.4) is 0 Å². The topological polar surface area (TPSA) is 98.5 Å². The molecule has 0 atom stereocenters. The number of carbonyl (C=O) groups is 2. The lowest BCUT2D eigenvalue weighted by Gasteiger charge is -2.06. The molecule has 2 aromatic rings. The molecule has 0 saturated carbocycles. The normalized spacial score (nSPS) is 10.4. The zero-order valence-electron chi connectivity index (χ0n) is 13.5. The summed E-state index contributed by atoms with van der Waals surface area (Å²) in [6.07, 6.45) is 0.819. The van der Waals surface area contributed by atoms with Gasteiger partial charge in [0.2, 0.25) is 0 Å². The third kappa shape index (κ3) is 4.77. The molecular weight excluding hydrogens is 368 g/mol. The molecule has 0 unspecified atom stereocenters. The van der Waals surface area contributed by atoms with Crippen molar-refractivity contribution in [2.45, 2.75) is 20.3 Å². The van der Waals surface area contributed by atoms with Gasteiger partial charge in [0.15, 0.2) is 6.61 Å². The smallest absolute Gasteiger partial charge is 0.348 e. The summed E-state index contributed by atoms with van der Waals surface area (Å²) in [5.74, 6) is -1.18. The van der Waals surface area contributed by atoms with Crippen molar-refractivity contribution in [3.05, 3.63) is 54.7 Å².